The van der Waals surface area contributed by atoms with Gasteiger partial charge in [-0.1, -0.05) is 12.1 Å². The van der Waals surface area contributed by atoms with E-state index in [2.05, 4.69) is 10.3 Å². The van der Waals surface area contributed by atoms with Gasteiger partial charge in [0.1, 0.15) is 5.75 Å². The summed E-state index contributed by atoms with van der Waals surface area (Å²) in [5, 5.41) is 13.4. The van der Waals surface area contributed by atoms with Crippen LogP contribution in [-0.2, 0) is 9.59 Å². The lowest BCUT2D eigenvalue weighted by molar-refractivity contribution is -0.138. The zero-order chi connectivity index (χ0) is 15.2. The number of benzene rings is 1. The highest BCUT2D eigenvalue weighted by molar-refractivity contribution is 7.14. The van der Waals surface area contributed by atoms with Gasteiger partial charge in [-0.2, -0.15) is 0 Å². The number of thiazole rings is 1. The van der Waals surface area contributed by atoms with Gasteiger partial charge in [0, 0.05) is 17.4 Å². The van der Waals surface area contributed by atoms with E-state index in [9.17, 15) is 9.59 Å². The number of ether oxygens (including phenoxy) is 1. The number of nitrogens with zero attached hydrogens (tertiary/aromatic N) is 1. The van der Waals surface area contributed by atoms with E-state index in [1.165, 1.54) is 11.3 Å². The molecule has 2 N–H and O–H groups in total. The Hall–Kier alpha value is -2.41. The molecular formula is C14H14N2O4S. The number of hydrogen-bond donors (Lipinski definition) is 2. The van der Waals surface area contributed by atoms with Crippen LogP contribution in [0, 0.1) is 0 Å². The molecule has 1 heterocycles. The third-order valence-electron chi connectivity index (χ3n) is 2.70. The topological polar surface area (TPSA) is 88.5 Å². The molecule has 0 spiro atoms. The van der Waals surface area contributed by atoms with Crippen molar-refractivity contribution in [3.8, 4) is 17.0 Å². The van der Waals surface area contributed by atoms with E-state index in [4.69, 9.17) is 9.84 Å². The Labute approximate surface area is 125 Å². The molecule has 1 amide bonds. The molecule has 1 aromatic heterocycles. The molecule has 2 rings (SSSR count). The van der Waals surface area contributed by atoms with E-state index in [0.29, 0.717) is 16.6 Å². The van der Waals surface area contributed by atoms with Gasteiger partial charge in [0.15, 0.2) is 5.13 Å². The fraction of sp³-hybridized carbons (Fsp3) is 0.214. The van der Waals surface area contributed by atoms with Crippen molar-refractivity contribution in [2.45, 2.75) is 12.8 Å². The van der Waals surface area contributed by atoms with Gasteiger partial charge in [0.05, 0.1) is 19.2 Å². The first-order chi connectivity index (χ1) is 10.1. The lowest BCUT2D eigenvalue weighted by Crippen LogP contribution is -2.12. The molecule has 21 heavy (non-hydrogen) atoms. The maximum absolute atomic E-state index is 11.6. The van der Waals surface area contributed by atoms with Gasteiger partial charge in [-0.05, 0) is 12.1 Å². The lowest BCUT2D eigenvalue weighted by Gasteiger charge is -2.05. The van der Waals surface area contributed by atoms with Gasteiger partial charge >= 0.3 is 5.97 Å². The van der Waals surface area contributed by atoms with Crippen molar-refractivity contribution < 1.29 is 19.4 Å². The Morgan fingerprint density at radius 2 is 2.10 bits per heavy atom. The minimum absolute atomic E-state index is 0.0705. The molecule has 0 unspecified atom stereocenters. The van der Waals surface area contributed by atoms with Crippen LogP contribution in [0.4, 0.5) is 5.13 Å². The molecule has 0 aliphatic heterocycles. The molecule has 7 heteroatoms. The van der Waals surface area contributed by atoms with E-state index in [1.54, 1.807) is 7.11 Å². The molecule has 0 fully saturated rings. The van der Waals surface area contributed by atoms with Crippen LogP contribution in [0.2, 0.25) is 0 Å². The lowest BCUT2D eigenvalue weighted by atomic mass is 10.1. The van der Waals surface area contributed by atoms with Crippen LogP contribution in [0.15, 0.2) is 29.6 Å². The summed E-state index contributed by atoms with van der Waals surface area (Å²) in [7, 11) is 1.58. The number of aliphatic carboxylic acids is 1. The first-order valence-electron chi connectivity index (χ1n) is 6.20. The Morgan fingerprint density at radius 3 is 2.81 bits per heavy atom. The van der Waals surface area contributed by atoms with Crippen LogP contribution in [0.1, 0.15) is 12.8 Å². The Balaban J connectivity index is 2.08. The third kappa shape index (κ3) is 4.03. The molecule has 0 saturated carbocycles. The quantitative estimate of drug-likeness (QED) is 0.856. The van der Waals surface area contributed by atoms with Crippen molar-refractivity contribution in [3.63, 3.8) is 0 Å². The van der Waals surface area contributed by atoms with E-state index < -0.39 is 5.97 Å². The SMILES string of the molecule is COc1ccccc1-c1csc(NC(=O)CCC(=O)O)n1. The molecule has 0 atom stereocenters. The number of rotatable bonds is 6. The summed E-state index contributed by atoms with van der Waals surface area (Å²) in [6, 6.07) is 7.45. The predicted molar refractivity (Wildman–Crippen MR) is 79.6 cm³/mol. The number of carbonyl (C=O) groups excluding carboxylic acids is 1. The number of methoxy groups -OCH3 is 1. The summed E-state index contributed by atoms with van der Waals surface area (Å²) < 4.78 is 5.27. The minimum Gasteiger partial charge on any atom is -0.496 e. The molecule has 1 aromatic carbocycles. The summed E-state index contributed by atoms with van der Waals surface area (Å²) in [5.41, 5.74) is 1.54. The van der Waals surface area contributed by atoms with Crippen molar-refractivity contribution in [1.82, 2.24) is 4.98 Å². The summed E-state index contributed by atoms with van der Waals surface area (Å²) in [4.78, 5) is 26.3. The molecule has 2 aromatic rings. The van der Waals surface area contributed by atoms with Crippen molar-refractivity contribution in [2.75, 3.05) is 12.4 Å². The van der Waals surface area contributed by atoms with E-state index in [0.717, 1.165) is 5.56 Å². The van der Waals surface area contributed by atoms with E-state index in [1.807, 2.05) is 29.6 Å². The van der Waals surface area contributed by atoms with Crippen molar-refractivity contribution in [2.24, 2.45) is 0 Å². The van der Waals surface area contributed by atoms with Gasteiger partial charge in [-0.3, -0.25) is 9.59 Å². The first kappa shape index (κ1) is 15.0. The number of aromatic nitrogens is 1. The van der Waals surface area contributed by atoms with Crippen molar-refractivity contribution in [3.05, 3.63) is 29.6 Å². The molecule has 6 nitrogen and oxygen atoms in total. The summed E-state index contributed by atoms with van der Waals surface area (Å²) in [5.74, 6) is -0.663. The zero-order valence-electron chi connectivity index (χ0n) is 11.3. The molecule has 0 aliphatic rings. The van der Waals surface area contributed by atoms with Gasteiger partial charge in [0.25, 0.3) is 0 Å². The van der Waals surface area contributed by atoms with Crippen LogP contribution in [-0.4, -0.2) is 29.1 Å². The van der Waals surface area contributed by atoms with Crippen LogP contribution in [0.25, 0.3) is 11.3 Å². The van der Waals surface area contributed by atoms with Gasteiger partial charge in [-0.25, -0.2) is 4.98 Å². The van der Waals surface area contributed by atoms with Crippen LogP contribution < -0.4 is 10.1 Å². The number of carboxylic acid groups (broad SMARTS) is 1. The summed E-state index contributed by atoms with van der Waals surface area (Å²) in [6.07, 6.45) is -0.268. The van der Waals surface area contributed by atoms with Gasteiger partial charge in [0.2, 0.25) is 5.91 Å². The molecule has 0 bridgehead atoms. The summed E-state index contributed by atoms with van der Waals surface area (Å²) in [6.45, 7) is 0. The van der Waals surface area contributed by atoms with Crippen molar-refractivity contribution in [1.29, 1.82) is 0 Å². The number of para-hydroxylation sites is 1. The smallest absolute Gasteiger partial charge is 0.303 e. The fourth-order valence-corrected chi connectivity index (χ4v) is 2.44. The number of carbonyl (C=O) groups is 2. The molecular weight excluding hydrogens is 292 g/mol. The normalized spacial score (nSPS) is 10.1. The Bertz CT molecular complexity index is 654. The number of nitrogens with one attached hydrogen (secondary N) is 1. The largest absolute Gasteiger partial charge is 0.496 e. The second kappa shape index (κ2) is 6.85. The van der Waals surface area contributed by atoms with E-state index >= 15 is 0 Å². The molecule has 0 aliphatic carbocycles. The van der Waals surface area contributed by atoms with Gasteiger partial charge < -0.3 is 15.2 Å². The Kier molecular flexibility index (Phi) is 4.89. The second-order valence-corrected chi connectivity index (χ2v) is 5.04. The predicted octanol–water partition coefficient (Wildman–Crippen LogP) is 2.62. The van der Waals surface area contributed by atoms with Crippen LogP contribution >= 0.6 is 11.3 Å². The van der Waals surface area contributed by atoms with E-state index in [-0.39, 0.29) is 18.7 Å². The number of anilines is 1. The van der Waals surface area contributed by atoms with Crippen LogP contribution in [0.3, 0.4) is 0 Å². The average Bonchev–Trinajstić information content (AvgIpc) is 2.93. The van der Waals surface area contributed by atoms with Crippen molar-refractivity contribution >= 4 is 28.3 Å². The standard InChI is InChI=1S/C14H14N2O4S/c1-20-11-5-3-2-4-9(11)10-8-21-14(15-10)16-12(17)6-7-13(18)19/h2-5,8H,6-7H2,1H3,(H,18,19)(H,15,16,17). The maximum Gasteiger partial charge on any atom is 0.303 e. The number of amides is 1. The minimum atomic E-state index is -1.00. The highest BCUT2D eigenvalue weighted by atomic mass is 32.1. The number of hydrogen-bond acceptors (Lipinski definition) is 5. The number of carboxylic acids is 1. The van der Waals surface area contributed by atoms with Gasteiger partial charge in [-0.15, -0.1) is 11.3 Å². The molecule has 0 radical (unpaired) electrons. The Morgan fingerprint density at radius 1 is 1.33 bits per heavy atom. The zero-order valence-corrected chi connectivity index (χ0v) is 12.1. The first-order valence-corrected chi connectivity index (χ1v) is 7.08. The highest BCUT2D eigenvalue weighted by Crippen LogP contribution is 2.31. The monoisotopic (exact) mass is 306 g/mol. The average molecular weight is 306 g/mol. The third-order valence-corrected chi connectivity index (χ3v) is 3.46. The molecule has 0 saturated heterocycles. The maximum atomic E-state index is 11.6. The second-order valence-electron chi connectivity index (χ2n) is 4.18. The molecule has 110 valence electrons. The highest BCUT2D eigenvalue weighted by Gasteiger charge is 2.11. The van der Waals surface area contributed by atoms with Crippen LogP contribution in [0.5, 0.6) is 5.75 Å². The summed E-state index contributed by atoms with van der Waals surface area (Å²) >= 11 is 1.28. The fourth-order valence-electron chi connectivity index (χ4n) is 1.71.